The quantitative estimate of drug-likeness (QED) is 0.440. The van der Waals surface area contributed by atoms with Crippen LogP contribution >= 0.6 is 11.8 Å². The molecule has 0 aliphatic heterocycles. The SMILES string of the molecule is COc1ccc(-c2nnc(SCC(=O)Nc3ccc(C(C)=O)cc3)o2)cc1OC. The van der Waals surface area contributed by atoms with E-state index in [0.29, 0.717) is 34.2 Å². The molecule has 0 unspecified atom stereocenters. The summed E-state index contributed by atoms with van der Waals surface area (Å²) in [5, 5.41) is 11.0. The Morgan fingerprint density at radius 3 is 2.41 bits per heavy atom. The molecule has 0 bridgehead atoms. The number of amides is 1. The van der Waals surface area contributed by atoms with Gasteiger partial charge in [0.25, 0.3) is 5.22 Å². The van der Waals surface area contributed by atoms with Gasteiger partial charge in [-0.15, -0.1) is 10.2 Å². The van der Waals surface area contributed by atoms with Gasteiger partial charge in [-0.25, -0.2) is 0 Å². The molecular formula is C20H19N3O5S. The van der Waals surface area contributed by atoms with Crippen LogP contribution in [-0.2, 0) is 4.79 Å². The number of Topliss-reactive ketones (excluding diaryl/α,β-unsaturated/α-hetero) is 1. The van der Waals surface area contributed by atoms with Crippen molar-refractivity contribution in [3.63, 3.8) is 0 Å². The second-order valence-electron chi connectivity index (χ2n) is 5.91. The van der Waals surface area contributed by atoms with Crippen molar-refractivity contribution < 1.29 is 23.5 Å². The first kappa shape index (κ1) is 20.4. The summed E-state index contributed by atoms with van der Waals surface area (Å²) in [6, 6.07) is 12.0. The minimum absolute atomic E-state index is 0.0277. The van der Waals surface area contributed by atoms with Crippen molar-refractivity contribution in [1.82, 2.24) is 10.2 Å². The molecule has 150 valence electrons. The molecule has 9 heteroatoms. The van der Waals surface area contributed by atoms with Gasteiger partial charge in [-0.2, -0.15) is 0 Å². The number of hydrogen-bond donors (Lipinski definition) is 1. The molecule has 1 heterocycles. The zero-order chi connectivity index (χ0) is 20.8. The minimum Gasteiger partial charge on any atom is -0.493 e. The van der Waals surface area contributed by atoms with Gasteiger partial charge < -0.3 is 19.2 Å². The Kier molecular flexibility index (Phi) is 6.50. The number of ketones is 1. The molecule has 0 radical (unpaired) electrons. The molecule has 0 aliphatic carbocycles. The summed E-state index contributed by atoms with van der Waals surface area (Å²) in [4.78, 5) is 23.4. The van der Waals surface area contributed by atoms with Crippen LogP contribution in [0.5, 0.6) is 11.5 Å². The van der Waals surface area contributed by atoms with E-state index in [1.165, 1.54) is 6.92 Å². The van der Waals surface area contributed by atoms with Gasteiger partial charge in [0.15, 0.2) is 17.3 Å². The van der Waals surface area contributed by atoms with Crippen LogP contribution in [0.4, 0.5) is 5.69 Å². The first-order valence-corrected chi connectivity index (χ1v) is 9.58. The fraction of sp³-hybridized carbons (Fsp3) is 0.200. The number of nitrogens with one attached hydrogen (secondary N) is 1. The largest absolute Gasteiger partial charge is 0.493 e. The summed E-state index contributed by atoms with van der Waals surface area (Å²) >= 11 is 1.13. The number of carbonyl (C=O) groups excluding carboxylic acids is 2. The molecule has 0 atom stereocenters. The highest BCUT2D eigenvalue weighted by Crippen LogP contribution is 2.32. The molecule has 1 aromatic heterocycles. The van der Waals surface area contributed by atoms with Gasteiger partial charge in [0.05, 0.1) is 20.0 Å². The first-order chi connectivity index (χ1) is 14.0. The van der Waals surface area contributed by atoms with Crippen molar-refractivity contribution >= 4 is 29.1 Å². The van der Waals surface area contributed by atoms with Crippen LogP contribution in [0.25, 0.3) is 11.5 Å². The molecule has 0 aliphatic rings. The van der Waals surface area contributed by atoms with Crippen molar-refractivity contribution in [2.75, 3.05) is 25.3 Å². The normalized spacial score (nSPS) is 10.4. The summed E-state index contributed by atoms with van der Waals surface area (Å²) in [6.07, 6.45) is 0. The zero-order valence-electron chi connectivity index (χ0n) is 16.1. The molecule has 0 spiro atoms. The molecule has 3 aromatic rings. The number of carbonyl (C=O) groups is 2. The number of benzene rings is 2. The van der Waals surface area contributed by atoms with Gasteiger partial charge >= 0.3 is 0 Å². The van der Waals surface area contributed by atoms with Crippen LogP contribution in [0.3, 0.4) is 0 Å². The van der Waals surface area contributed by atoms with E-state index >= 15 is 0 Å². The van der Waals surface area contributed by atoms with E-state index in [4.69, 9.17) is 13.9 Å². The molecular weight excluding hydrogens is 394 g/mol. The Hall–Kier alpha value is -3.33. The van der Waals surface area contributed by atoms with Crippen molar-refractivity contribution in [3.05, 3.63) is 48.0 Å². The molecule has 8 nitrogen and oxygen atoms in total. The van der Waals surface area contributed by atoms with Gasteiger partial charge in [0.1, 0.15) is 0 Å². The number of hydrogen-bond acceptors (Lipinski definition) is 8. The second-order valence-corrected chi connectivity index (χ2v) is 6.84. The number of nitrogens with zero attached hydrogens (tertiary/aromatic N) is 2. The zero-order valence-corrected chi connectivity index (χ0v) is 16.9. The summed E-state index contributed by atoms with van der Waals surface area (Å²) in [5.41, 5.74) is 1.88. The average molecular weight is 413 g/mol. The number of rotatable bonds is 8. The summed E-state index contributed by atoms with van der Waals surface area (Å²) in [7, 11) is 3.10. The summed E-state index contributed by atoms with van der Waals surface area (Å²) in [5.74, 6) is 1.30. The van der Waals surface area contributed by atoms with Crippen molar-refractivity contribution in [3.8, 4) is 23.0 Å². The second kappa shape index (κ2) is 9.24. The lowest BCUT2D eigenvalue weighted by Gasteiger charge is -2.07. The lowest BCUT2D eigenvalue weighted by Crippen LogP contribution is -2.14. The van der Waals surface area contributed by atoms with Crippen molar-refractivity contribution in [2.24, 2.45) is 0 Å². The lowest BCUT2D eigenvalue weighted by atomic mass is 10.1. The number of aromatic nitrogens is 2. The van der Waals surface area contributed by atoms with Crippen LogP contribution in [0.1, 0.15) is 17.3 Å². The molecule has 2 aromatic carbocycles. The number of ether oxygens (including phenoxy) is 2. The Morgan fingerprint density at radius 2 is 1.76 bits per heavy atom. The monoisotopic (exact) mass is 413 g/mol. The standard InChI is InChI=1S/C20H19N3O5S/c1-12(24)13-4-7-15(8-5-13)21-18(25)11-29-20-23-22-19(28-20)14-6-9-16(26-2)17(10-14)27-3/h4-10H,11H2,1-3H3,(H,21,25). The average Bonchev–Trinajstić information content (AvgIpc) is 3.21. The maximum Gasteiger partial charge on any atom is 0.277 e. The van der Waals surface area contributed by atoms with Crippen LogP contribution in [0.15, 0.2) is 52.1 Å². The maximum atomic E-state index is 12.1. The fourth-order valence-corrected chi connectivity index (χ4v) is 3.03. The molecule has 1 amide bonds. The van der Waals surface area contributed by atoms with E-state index in [9.17, 15) is 9.59 Å². The maximum absolute atomic E-state index is 12.1. The molecule has 29 heavy (non-hydrogen) atoms. The Labute approximate surface area is 171 Å². The highest BCUT2D eigenvalue weighted by molar-refractivity contribution is 7.99. The van der Waals surface area contributed by atoms with Gasteiger partial charge in [-0.3, -0.25) is 9.59 Å². The number of methoxy groups -OCH3 is 2. The van der Waals surface area contributed by atoms with E-state index in [1.54, 1.807) is 56.7 Å². The van der Waals surface area contributed by atoms with Crippen molar-refractivity contribution in [1.29, 1.82) is 0 Å². The number of anilines is 1. The van der Waals surface area contributed by atoms with Crippen LogP contribution in [0.2, 0.25) is 0 Å². The molecule has 3 rings (SSSR count). The minimum atomic E-state index is -0.226. The highest BCUT2D eigenvalue weighted by Gasteiger charge is 2.14. The van der Waals surface area contributed by atoms with Crippen LogP contribution in [0, 0.1) is 0 Å². The number of thioether (sulfide) groups is 1. The van der Waals surface area contributed by atoms with E-state index in [-0.39, 0.29) is 22.7 Å². The predicted octanol–water partition coefficient (Wildman–Crippen LogP) is 3.69. The third-order valence-electron chi connectivity index (χ3n) is 3.94. The van der Waals surface area contributed by atoms with E-state index in [2.05, 4.69) is 15.5 Å². The Balaban J connectivity index is 1.59. The highest BCUT2D eigenvalue weighted by atomic mass is 32.2. The summed E-state index contributed by atoms with van der Waals surface area (Å²) < 4.78 is 16.1. The molecule has 0 saturated heterocycles. The van der Waals surface area contributed by atoms with Gasteiger partial charge in [-0.05, 0) is 49.4 Å². The Morgan fingerprint density at radius 1 is 1.03 bits per heavy atom. The molecule has 0 fully saturated rings. The van der Waals surface area contributed by atoms with Crippen LogP contribution < -0.4 is 14.8 Å². The fourth-order valence-electron chi connectivity index (χ4n) is 2.47. The summed E-state index contributed by atoms with van der Waals surface area (Å²) in [6.45, 7) is 1.49. The smallest absolute Gasteiger partial charge is 0.277 e. The third kappa shape index (κ3) is 5.14. The van der Waals surface area contributed by atoms with Gasteiger partial charge in [0, 0.05) is 16.8 Å². The predicted molar refractivity (Wildman–Crippen MR) is 109 cm³/mol. The molecule has 0 saturated carbocycles. The van der Waals surface area contributed by atoms with E-state index in [0.717, 1.165) is 11.8 Å². The Bertz CT molecular complexity index is 1020. The van der Waals surface area contributed by atoms with Gasteiger partial charge in [-0.1, -0.05) is 11.8 Å². The van der Waals surface area contributed by atoms with Gasteiger partial charge in [0.2, 0.25) is 11.8 Å². The topological polar surface area (TPSA) is 104 Å². The van der Waals surface area contributed by atoms with Crippen LogP contribution in [-0.4, -0.2) is 41.9 Å². The van der Waals surface area contributed by atoms with Crippen molar-refractivity contribution in [2.45, 2.75) is 12.1 Å². The van der Waals surface area contributed by atoms with E-state index < -0.39 is 0 Å². The third-order valence-corrected chi connectivity index (χ3v) is 4.76. The lowest BCUT2D eigenvalue weighted by molar-refractivity contribution is -0.113. The molecule has 1 N–H and O–H groups in total. The first-order valence-electron chi connectivity index (χ1n) is 8.59. The van der Waals surface area contributed by atoms with E-state index in [1.807, 2.05) is 0 Å².